The second-order valence-electron chi connectivity index (χ2n) is 8.79. The normalized spacial score (nSPS) is 13.3. The molecule has 3 N–H and O–H groups in total. The van der Waals surface area contributed by atoms with Crippen LogP contribution in [0.25, 0.3) is 0 Å². The number of aliphatic hydroxyl groups is 1. The van der Waals surface area contributed by atoms with Crippen molar-refractivity contribution in [3.63, 3.8) is 0 Å². The third-order valence-corrected chi connectivity index (χ3v) is 5.72. The Labute approximate surface area is 195 Å². The zero-order chi connectivity index (χ0) is 24.5. The summed E-state index contributed by atoms with van der Waals surface area (Å²) in [5.74, 6) is -2.17. The van der Waals surface area contributed by atoms with E-state index >= 15 is 0 Å². The van der Waals surface area contributed by atoms with Gasteiger partial charge in [0, 0.05) is 23.6 Å². The molecule has 0 bridgehead atoms. The van der Waals surface area contributed by atoms with Crippen molar-refractivity contribution < 1.29 is 29.6 Å². The molecule has 0 saturated carbocycles. The van der Waals surface area contributed by atoms with Crippen molar-refractivity contribution in [2.45, 2.75) is 71.2 Å². The number of aliphatic hydroxyl groups excluding tert-OH is 1. The summed E-state index contributed by atoms with van der Waals surface area (Å²) in [6, 6.07) is 15.8. The van der Waals surface area contributed by atoms with Gasteiger partial charge in [0.1, 0.15) is 12.4 Å². The highest BCUT2D eigenvalue weighted by atomic mass is 16.5. The molecule has 2 aromatic carbocycles. The molecule has 0 spiro atoms. The number of benzene rings is 2. The fraction of sp³-hybridized carbons (Fsp3) is 0.462. The van der Waals surface area contributed by atoms with Crippen LogP contribution in [0.4, 0.5) is 0 Å². The molecule has 2 atom stereocenters. The van der Waals surface area contributed by atoms with E-state index in [-0.39, 0.29) is 18.3 Å². The molecule has 0 fully saturated rings. The van der Waals surface area contributed by atoms with Gasteiger partial charge >= 0.3 is 11.9 Å². The van der Waals surface area contributed by atoms with E-state index in [1.807, 2.05) is 36.4 Å². The average Bonchev–Trinajstić information content (AvgIpc) is 2.76. The number of phenols is 1. The Hall–Kier alpha value is -2.90. The van der Waals surface area contributed by atoms with E-state index in [1.54, 1.807) is 12.1 Å². The van der Waals surface area contributed by atoms with Gasteiger partial charge in [-0.25, -0.2) is 4.79 Å². The Morgan fingerprint density at radius 2 is 1.64 bits per heavy atom. The number of nitrogens with zero attached hydrogens (tertiary/aromatic N) is 1. The standard InChI is InChI=1S/C26H35NO6/c1-17(2)27(18(3)4)13-12-21(20-8-6-5-7-9-20)22-14-19(10-11-23(22)28)16-33-25(30)15-24(29)26(31)32/h5-11,14,17-18,21,24,28-29H,12-13,15-16H2,1-4H3,(H,31,32)/t21-,24+/m1/s1. The molecule has 0 saturated heterocycles. The summed E-state index contributed by atoms with van der Waals surface area (Å²) in [5, 5.41) is 28.7. The first kappa shape index (κ1) is 26.4. The number of esters is 1. The number of ether oxygens (including phenoxy) is 1. The van der Waals surface area contributed by atoms with Gasteiger partial charge in [-0.05, 0) is 63.9 Å². The predicted molar refractivity (Wildman–Crippen MR) is 126 cm³/mol. The number of carboxylic acids is 1. The van der Waals surface area contributed by atoms with Gasteiger partial charge in [-0.3, -0.25) is 9.69 Å². The van der Waals surface area contributed by atoms with Crippen molar-refractivity contribution in [2.75, 3.05) is 6.54 Å². The van der Waals surface area contributed by atoms with Gasteiger partial charge in [0.05, 0.1) is 6.42 Å². The molecule has 180 valence electrons. The highest BCUT2D eigenvalue weighted by molar-refractivity contribution is 5.80. The first-order valence-corrected chi connectivity index (χ1v) is 11.3. The third-order valence-electron chi connectivity index (χ3n) is 5.72. The van der Waals surface area contributed by atoms with Crippen molar-refractivity contribution in [3.05, 3.63) is 65.2 Å². The molecule has 0 unspecified atom stereocenters. The molecular weight excluding hydrogens is 422 g/mol. The molecule has 33 heavy (non-hydrogen) atoms. The Balaban J connectivity index is 2.24. The number of carbonyl (C=O) groups is 2. The maximum absolute atomic E-state index is 11.8. The minimum absolute atomic E-state index is 0.0596. The van der Waals surface area contributed by atoms with Crippen LogP contribution in [0, 0.1) is 0 Å². The van der Waals surface area contributed by atoms with Crippen molar-refractivity contribution in [2.24, 2.45) is 0 Å². The summed E-state index contributed by atoms with van der Waals surface area (Å²) in [7, 11) is 0. The van der Waals surface area contributed by atoms with Crippen molar-refractivity contribution in [1.82, 2.24) is 4.90 Å². The Morgan fingerprint density at radius 3 is 2.21 bits per heavy atom. The van der Waals surface area contributed by atoms with E-state index < -0.39 is 24.5 Å². The molecule has 7 nitrogen and oxygen atoms in total. The third kappa shape index (κ3) is 7.87. The SMILES string of the molecule is CC(C)N(CC[C@H](c1ccccc1)c1cc(COC(=O)C[C@H](O)C(=O)O)ccc1O)C(C)C. The number of rotatable bonds is 12. The maximum Gasteiger partial charge on any atom is 0.333 e. The van der Waals surface area contributed by atoms with Crippen LogP contribution in [0.1, 0.15) is 63.1 Å². The highest BCUT2D eigenvalue weighted by Gasteiger charge is 2.22. The van der Waals surface area contributed by atoms with E-state index in [0.29, 0.717) is 17.6 Å². The summed E-state index contributed by atoms with van der Waals surface area (Å²) < 4.78 is 5.14. The molecule has 0 aliphatic heterocycles. The first-order chi connectivity index (χ1) is 15.6. The number of carboxylic acid groups (broad SMARTS) is 1. The summed E-state index contributed by atoms with van der Waals surface area (Å²) in [4.78, 5) is 25.0. The number of aliphatic carboxylic acids is 1. The van der Waals surface area contributed by atoms with Gasteiger partial charge in [0.25, 0.3) is 0 Å². The zero-order valence-electron chi connectivity index (χ0n) is 19.8. The lowest BCUT2D eigenvalue weighted by atomic mass is 9.86. The Kier molecular flexibility index (Phi) is 9.88. The van der Waals surface area contributed by atoms with Gasteiger partial charge < -0.3 is 20.1 Å². The summed E-state index contributed by atoms with van der Waals surface area (Å²) in [6.45, 7) is 9.46. The molecule has 7 heteroatoms. The molecule has 0 aromatic heterocycles. The second kappa shape index (κ2) is 12.4. The van der Waals surface area contributed by atoms with Gasteiger partial charge in [-0.2, -0.15) is 0 Å². The lowest BCUT2D eigenvalue weighted by Crippen LogP contribution is -2.38. The van der Waals surface area contributed by atoms with E-state index in [4.69, 9.17) is 9.84 Å². The minimum Gasteiger partial charge on any atom is -0.508 e. The lowest BCUT2D eigenvalue weighted by molar-refractivity contribution is -0.156. The minimum atomic E-state index is -1.79. The number of hydrogen-bond acceptors (Lipinski definition) is 6. The predicted octanol–water partition coefficient (Wildman–Crippen LogP) is 3.91. The van der Waals surface area contributed by atoms with Gasteiger partial charge in [-0.15, -0.1) is 0 Å². The molecule has 0 heterocycles. The zero-order valence-corrected chi connectivity index (χ0v) is 19.8. The van der Waals surface area contributed by atoms with Gasteiger partial charge in [0.2, 0.25) is 0 Å². The molecule has 2 aromatic rings. The molecule has 2 rings (SSSR count). The van der Waals surface area contributed by atoms with Crippen LogP contribution >= 0.6 is 0 Å². The summed E-state index contributed by atoms with van der Waals surface area (Å²) in [5.41, 5.74) is 2.50. The van der Waals surface area contributed by atoms with Crippen molar-refractivity contribution in [3.8, 4) is 5.75 Å². The largest absolute Gasteiger partial charge is 0.508 e. The van der Waals surface area contributed by atoms with Crippen molar-refractivity contribution >= 4 is 11.9 Å². The van der Waals surface area contributed by atoms with Crippen LogP contribution in [-0.2, 0) is 20.9 Å². The van der Waals surface area contributed by atoms with Crippen LogP contribution in [0.2, 0.25) is 0 Å². The number of hydrogen-bond donors (Lipinski definition) is 3. The monoisotopic (exact) mass is 457 g/mol. The Bertz CT molecular complexity index is 904. The first-order valence-electron chi connectivity index (χ1n) is 11.3. The second-order valence-corrected chi connectivity index (χ2v) is 8.79. The topological polar surface area (TPSA) is 107 Å². The molecule has 0 aliphatic carbocycles. The van der Waals surface area contributed by atoms with Crippen LogP contribution in [-0.4, -0.2) is 56.9 Å². The molecule has 0 radical (unpaired) electrons. The average molecular weight is 458 g/mol. The highest BCUT2D eigenvalue weighted by Crippen LogP contribution is 2.35. The maximum atomic E-state index is 11.8. The van der Waals surface area contributed by atoms with Crippen LogP contribution in [0.5, 0.6) is 5.75 Å². The summed E-state index contributed by atoms with van der Waals surface area (Å²) in [6.07, 6.45) is -1.62. The fourth-order valence-electron chi connectivity index (χ4n) is 4.02. The number of aromatic hydroxyl groups is 1. The van der Waals surface area contributed by atoms with E-state index in [0.717, 1.165) is 24.1 Å². The van der Waals surface area contributed by atoms with Gasteiger partial charge in [0.15, 0.2) is 6.10 Å². The quantitative estimate of drug-likeness (QED) is 0.415. The number of phenolic OH excluding ortho intramolecular Hbond substituents is 1. The molecular formula is C26H35NO6. The van der Waals surface area contributed by atoms with E-state index in [9.17, 15) is 19.8 Å². The van der Waals surface area contributed by atoms with Crippen LogP contribution in [0.15, 0.2) is 48.5 Å². The van der Waals surface area contributed by atoms with Crippen LogP contribution < -0.4 is 0 Å². The lowest BCUT2D eigenvalue weighted by Gasteiger charge is -2.32. The Morgan fingerprint density at radius 1 is 1.00 bits per heavy atom. The van der Waals surface area contributed by atoms with Crippen molar-refractivity contribution in [1.29, 1.82) is 0 Å². The molecule has 0 aliphatic rings. The fourth-order valence-corrected chi connectivity index (χ4v) is 4.02. The van der Waals surface area contributed by atoms with E-state index in [1.165, 1.54) is 0 Å². The molecule has 0 amide bonds. The number of carbonyl (C=O) groups excluding carboxylic acids is 1. The summed E-state index contributed by atoms with van der Waals surface area (Å²) >= 11 is 0. The van der Waals surface area contributed by atoms with Gasteiger partial charge in [-0.1, -0.05) is 36.4 Å². The van der Waals surface area contributed by atoms with E-state index in [2.05, 4.69) is 32.6 Å². The smallest absolute Gasteiger partial charge is 0.333 e. The van der Waals surface area contributed by atoms with Crippen LogP contribution in [0.3, 0.4) is 0 Å².